The highest BCUT2D eigenvalue weighted by atomic mass is 32.1. The van der Waals surface area contributed by atoms with Gasteiger partial charge in [0.25, 0.3) is 5.91 Å². The molecule has 41 heavy (non-hydrogen) atoms. The lowest BCUT2D eigenvalue weighted by Crippen LogP contribution is -2.56. The van der Waals surface area contributed by atoms with Gasteiger partial charge in [-0.05, 0) is 34.2 Å². The lowest BCUT2D eigenvalue weighted by molar-refractivity contribution is -0.144. The van der Waals surface area contributed by atoms with Crippen molar-refractivity contribution in [3.8, 4) is 11.1 Å². The molecule has 4 aromatic rings. The first-order valence-electron chi connectivity index (χ1n) is 13.3. The number of anilines is 1. The van der Waals surface area contributed by atoms with Crippen molar-refractivity contribution >= 4 is 34.4 Å². The number of amides is 2. The molecule has 3 N–H and O–H groups in total. The van der Waals surface area contributed by atoms with Crippen molar-refractivity contribution in [3.63, 3.8) is 0 Å². The molecule has 2 heterocycles. The maximum absolute atomic E-state index is 13.0. The minimum absolute atomic E-state index is 0.0334. The van der Waals surface area contributed by atoms with Crippen LogP contribution in [0.15, 0.2) is 84.2 Å². The van der Waals surface area contributed by atoms with E-state index >= 15 is 0 Å². The molecule has 10 heteroatoms. The van der Waals surface area contributed by atoms with Gasteiger partial charge in [-0.25, -0.2) is 14.6 Å². The second kappa shape index (κ2) is 11.1. The third kappa shape index (κ3) is 5.44. The second-order valence-corrected chi connectivity index (χ2v) is 11.1. The van der Waals surface area contributed by atoms with E-state index in [-0.39, 0.29) is 36.3 Å². The summed E-state index contributed by atoms with van der Waals surface area (Å²) in [6.07, 6.45) is -0.405. The van der Waals surface area contributed by atoms with Crippen molar-refractivity contribution in [2.75, 3.05) is 25.0 Å². The van der Waals surface area contributed by atoms with Crippen molar-refractivity contribution in [2.24, 2.45) is 0 Å². The minimum atomic E-state index is -1.42. The smallest absolute Gasteiger partial charge is 0.413 e. The molecule has 1 saturated heterocycles. The molecular weight excluding hydrogens is 540 g/mol. The SMILES string of the molecule is O=C(Nc1nc(C(=O)NC2(C(=O)O)CCN(Cc3ccccc3)C2)cs1)OCC1c2ccccc2-c2ccccc21. The number of nitrogens with zero attached hydrogens (tertiary/aromatic N) is 2. The lowest BCUT2D eigenvalue weighted by atomic mass is 9.98. The Morgan fingerprint density at radius 3 is 2.32 bits per heavy atom. The Bertz CT molecular complexity index is 1560. The number of thiazole rings is 1. The summed E-state index contributed by atoms with van der Waals surface area (Å²) in [5, 5.41) is 17.0. The molecule has 2 amide bonds. The van der Waals surface area contributed by atoms with Crippen LogP contribution in [0.4, 0.5) is 9.93 Å². The Hall–Kier alpha value is -4.54. The number of aliphatic carboxylic acids is 1. The highest BCUT2D eigenvalue weighted by Gasteiger charge is 2.46. The van der Waals surface area contributed by atoms with Crippen LogP contribution in [0.3, 0.4) is 0 Å². The fourth-order valence-corrected chi connectivity index (χ4v) is 6.31. The summed E-state index contributed by atoms with van der Waals surface area (Å²) in [7, 11) is 0. The summed E-state index contributed by atoms with van der Waals surface area (Å²) in [6, 6.07) is 25.9. The number of ether oxygens (including phenoxy) is 1. The number of likely N-dealkylation sites (tertiary alicyclic amines) is 1. The maximum atomic E-state index is 13.0. The molecule has 0 saturated carbocycles. The molecule has 1 aromatic heterocycles. The maximum Gasteiger partial charge on any atom is 0.413 e. The van der Waals surface area contributed by atoms with Crippen molar-refractivity contribution in [2.45, 2.75) is 24.4 Å². The zero-order valence-corrected chi connectivity index (χ0v) is 22.9. The number of fused-ring (bicyclic) bond motifs is 3. The molecule has 9 nitrogen and oxygen atoms in total. The normalized spacial score (nSPS) is 18.0. The van der Waals surface area contributed by atoms with E-state index < -0.39 is 23.5 Å². The van der Waals surface area contributed by atoms with Crippen LogP contribution >= 0.6 is 11.3 Å². The number of carboxylic acids is 1. The van der Waals surface area contributed by atoms with E-state index in [9.17, 15) is 19.5 Å². The molecule has 0 radical (unpaired) electrons. The van der Waals surface area contributed by atoms with E-state index in [1.807, 2.05) is 71.6 Å². The quantitative estimate of drug-likeness (QED) is 0.275. The zero-order chi connectivity index (χ0) is 28.4. The highest BCUT2D eigenvalue weighted by Crippen LogP contribution is 2.44. The van der Waals surface area contributed by atoms with Crippen LogP contribution in [-0.2, 0) is 16.1 Å². The number of aromatic nitrogens is 1. The Balaban J connectivity index is 1.06. The molecule has 208 valence electrons. The van der Waals surface area contributed by atoms with E-state index in [0.29, 0.717) is 13.1 Å². The van der Waals surface area contributed by atoms with Gasteiger partial charge in [0.15, 0.2) is 10.7 Å². The summed E-state index contributed by atoms with van der Waals surface area (Å²) in [5.74, 6) is -1.77. The van der Waals surface area contributed by atoms with Gasteiger partial charge in [-0.1, -0.05) is 78.9 Å². The first kappa shape index (κ1) is 26.7. The number of carbonyl (C=O) groups excluding carboxylic acids is 2. The average Bonchev–Trinajstić information content (AvgIpc) is 3.69. The van der Waals surface area contributed by atoms with Crippen LogP contribution in [0.5, 0.6) is 0 Å². The van der Waals surface area contributed by atoms with Crippen molar-refractivity contribution in [1.29, 1.82) is 0 Å². The Kier molecular flexibility index (Phi) is 7.25. The molecule has 3 aromatic carbocycles. The van der Waals surface area contributed by atoms with Crippen LogP contribution in [-0.4, -0.2) is 58.2 Å². The molecule has 1 aliphatic carbocycles. The number of carbonyl (C=O) groups is 3. The first-order valence-corrected chi connectivity index (χ1v) is 14.2. The number of rotatable bonds is 8. The summed E-state index contributed by atoms with van der Waals surface area (Å²) >= 11 is 1.07. The largest absolute Gasteiger partial charge is 0.479 e. The second-order valence-electron chi connectivity index (χ2n) is 10.3. The van der Waals surface area contributed by atoms with Gasteiger partial charge < -0.3 is 15.2 Å². The number of hydrogen-bond donors (Lipinski definition) is 3. The lowest BCUT2D eigenvalue weighted by Gasteiger charge is -2.26. The summed E-state index contributed by atoms with van der Waals surface area (Å²) in [6.45, 7) is 1.46. The van der Waals surface area contributed by atoms with Crippen molar-refractivity contribution in [3.05, 3.63) is 107 Å². The third-order valence-corrected chi connectivity index (χ3v) is 8.41. The summed E-state index contributed by atoms with van der Waals surface area (Å²) in [5.41, 5.74) is 4.17. The van der Waals surface area contributed by atoms with Gasteiger partial charge in [-0.2, -0.15) is 0 Å². The molecule has 0 bridgehead atoms. The first-order chi connectivity index (χ1) is 19.9. The number of hydrogen-bond acceptors (Lipinski definition) is 7. The van der Waals surface area contributed by atoms with E-state index in [1.165, 1.54) is 5.38 Å². The average molecular weight is 569 g/mol. The molecule has 0 spiro atoms. The molecular formula is C31H28N4O5S. The van der Waals surface area contributed by atoms with Gasteiger partial charge in [-0.3, -0.25) is 15.0 Å². The highest BCUT2D eigenvalue weighted by molar-refractivity contribution is 7.14. The monoisotopic (exact) mass is 568 g/mol. The van der Waals surface area contributed by atoms with Crippen LogP contribution in [0.1, 0.15) is 39.5 Å². The summed E-state index contributed by atoms with van der Waals surface area (Å²) < 4.78 is 5.56. The van der Waals surface area contributed by atoms with E-state index in [2.05, 4.69) is 27.8 Å². The van der Waals surface area contributed by atoms with Gasteiger partial charge in [0.1, 0.15) is 12.3 Å². The van der Waals surface area contributed by atoms with Gasteiger partial charge in [0.2, 0.25) is 0 Å². The predicted octanol–water partition coefficient (Wildman–Crippen LogP) is 4.96. The Morgan fingerprint density at radius 1 is 0.976 bits per heavy atom. The van der Waals surface area contributed by atoms with E-state index in [4.69, 9.17) is 4.74 Å². The fourth-order valence-electron chi connectivity index (χ4n) is 5.63. The molecule has 1 unspecified atom stereocenters. The van der Waals surface area contributed by atoms with Gasteiger partial charge in [-0.15, -0.1) is 11.3 Å². The number of benzene rings is 3. The molecule has 6 rings (SSSR count). The predicted molar refractivity (Wildman–Crippen MR) is 155 cm³/mol. The van der Waals surface area contributed by atoms with E-state index in [1.54, 1.807) is 0 Å². The van der Waals surface area contributed by atoms with Crippen LogP contribution < -0.4 is 10.6 Å². The van der Waals surface area contributed by atoms with Crippen molar-refractivity contribution < 1.29 is 24.2 Å². The standard InChI is InChI=1S/C31H28N4O5S/c36-27(34-31(28(37)38)14-15-35(19-31)16-20-8-2-1-3-9-20)26-18-41-29(32-26)33-30(39)40-17-25-23-12-6-4-10-21(23)22-11-5-7-13-24(22)25/h1-13,18,25H,14-17,19H2,(H,34,36)(H,37,38)(H,32,33,39). The number of nitrogens with one attached hydrogen (secondary N) is 2. The van der Waals surface area contributed by atoms with Gasteiger partial charge in [0, 0.05) is 30.9 Å². The van der Waals surface area contributed by atoms with Crippen molar-refractivity contribution in [1.82, 2.24) is 15.2 Å². The third-order valence-electron chi connectivity index (χ3n) is 7.65. The topological polar surface area (TPSA) is 121 Å². The van der Waals surface area contributed by atoms with Crippen LogP contribution in [0.25, 0.3) is 11.1 Å². The number of carboxylic acid groups (broad SMARTS) is 1. The Morgan fingerprint density at radius 2 is 1.63 bits per heavy atom. The Labute approximate surface area is 240 Å². The molecule has 1 aliphatic heterocycles. The van der Waals surface area contributed by atoms with Gasteiger partial charge >= 0.3 is 12.1 Å². The van der Waals surface area contributed by atoms with E-state index in [0.717, 1.165) is 39.2 Å². The zero-order valence-electron chi connectivity index (χ0n) is 22.1. The molecule has 1 fully saturated rings. The van der Waals surface area contributed by atoms with Crippen LogP contribution in [0.2, 0.25) is 0 Å². The minimum Gasteiger partial charge on any atom is -0.479 e. The fraction of sp³-hybridized carbons (Fsp3) is 0.226. The summed E-state index contributed by atoms with van der Waals surface area (Å²) in [4.78, 5) is 44.1. The molecule has 2 aliphatic rings. The van der Waals surface area contributed by atoms with Gasteiger partial charge in [0.05, 0.1) is 0 Å². The van der Waals surface area contributed by atoms with Crippen LogP contribution in [0, 0.1) is 0 Å². The molecule has 1 atom stereocenters.